The third-order valence-corrected chi connectivity index (χ3v) is 28.8. The monoisotopic (exact) mass is 516 g/mol. The Balaban J connectivity index is 1.04. The molecule has 0 radical (unpaired) electrons. The highest BCUT2D eigenvalue weighted by atomic mass is 15.4. The maximum atomic E-state index is 3.03. The topological polar surface area (TPSA) is 0 Å². The van der Waals surface area contributed by atoms with E-state index in [1.165, 1.54) is 29.6 Å². The molecule has 16 aliphatic rings. The zero-order valence-corrected chi connectivity index (χ0v) is 26.5. The molecule has 7 unspecified atom stereocenters. The molecule has 16 fully saturated rings. The van der Waals surface area contributed by atoms with Crippen LogP contribution in [0.1, 0.15) is 89.5 Å². The second-order valence-electron chi connectivity index (χ2n) is 22.7. The van der Waals surface area contributed by atoms with E-state index in [2.05, 4.69) is 83.1 Å². The van der Waals surface area contributed by atoms with Gasteiger partial charge in [0.25, 0.3) is 0 Å². The van der Waals surface area contributed by atoms with E-state index in [1.807, 2.05) is 0 Å². The molecular formula is C39H48. The lowest BCUT2D eigenvalue weighted by Gasteiger charge is -3.42. The van der Waals surface area contributed by atoms with Crippen LogP contribution in [0.15, 0.2) is 0 Å². The molecule has 0 heterocycles. The van der Waals surface area contributed by atoms with Crippen molar-refractivity contribution in [1.29, 1.82) is 0 Å². The summed E-state index contributed by atoms with van der Waals surface area (Å²) in [6, 6.07) is 0. The quantitative estimate of drug-likeness (QED) is 0.308. The van der Waals surface area contributed by atoms with Gasteiger partial charge < -0.3 is 0 Å². The predicted octanol–water partition coefficient (Wildman–Crippen LogP) is 7.78. The highest BCUT2D eigenvalue weighted by Crippen LogP contribution is 3.44. The van der Waals surface area contributed by atoms with Gasteiger partial charge in [-0.2, -0.15) is 0 Å². The van der Waals surface area contributed by atoms with Gasteiger partial charge >= 0.3 is 0 Å². The van der Waals surface area contributed by atoms with Crippen LogP contribution in [-0.2, 0) is 0 Å². The molecule has 25 atom stereocenters. The third kappa shape index (κ3) is 0.570. The minimum atomic E-state index is 0.491. The Morgan fingerprint density at radius 3 is 1.46 bits per heavy atom. The van der Waals surface area contributed by atoms with Crippen molar-refractivity contribution < 1.29 is 0 Å². The van der Waals surface area contributed by atoms with E-state index in [1.54, 1.807) is 6.42 Å². The molecule has 39 heavy (non-hydrogen) atoms. The Bertz CT molecular complexity index is 1760. The van der Waals surface area contributed by atoms with Crippen LogP contribution < -0.4 is 0 Å². The standard InChI is InChI=1S/C39H48/c1-14-16-13-17-19-21-23-22-20-18-15(2)25(5)24(3,4)27(7)29(9)31(11)32(12)30(10)28(8)26(14,6)33(16,17)35(19,28)37(21,30)39(23,32)38(22,31)36(20,29)34(18,25)27/h14-23H,13H2,1-12H3/t14-,15+,16+,17-,18+,19-,20+,21-,22+,23-,25-,26?,27?,28?,29?,30?,31?,32?,33+,34+,35+,36-,37+,38-,39+/m1/s1. The van der Waals surface area contributed by atoms with Crippen molar-refractivity contribution in [2.24, 2.45) is 146 Å². The molecule has 7 spiro atoms. The summed E-state index contributed by atoms with van der Waals surface area (Å²) in [4.78, 5) is 0. The minimum absolute atomic E-state index is 0.491. The van der Waals surface area contributed by atoms with Gasteiger partial charge in [-0.3, -0.25) is 0 Å². The van der Waals surface area contributed by atoms with Gasteiger partial charge in [-0.1, -0.05) is 83.1 Å². The fraction of sp³-hybridized carbons (Fsp3) is 1.00. The van der Waals surface area contributed by atoms with E-state index >= 15 is 0 Å². The Hall–Kier alpha value is 0. The van der Waals surface area contributed by atoms with Crippen LogP contribution in [0.5, 0.6) is 0 Å². The lowest BCUT2D eigenvalue weighted by Crippen LogP contribution is -3.40. The normalized spacial score (nSPS) is 106. The number of fused-ring (bicyclic) bond motifs is 12. The van der Waals surface area contributed by atoms with E-state index in [-0.39, 0.29) is 0 Å². The van der Waals surface area contributed by atoms with E-state index in [0.29, 0.717) is 48.7 Å². The lowest BCUT2D eigenvalue weighted by atomic mass is 8.61. The summed E-state index contributed by atoms with van der Waals surface area (Å²) in [6.07, 6.45) is 1.66. The van der Waals surface area contributed by atoms with Gasteiger partial charge in [-0.25, -0.2) is 0 Å². The number of rotatable bonds is 0. The van der Waals surface area contributed by atoms with Crippen molar-refractivity contribution in [1.82, 2.24) is 0 Å². The van der Waals surface area contributed by atoms with Gasteiger partial charge in [-0.05, 0) is 152 Å². The predicted molar refractivity (Wildman–Crippen MR) is 147 cm³/mol. The van der Waals surface area contributed by atoms with Gasteiger partial charge in [-0.15, -0.1) is 0 Å². The molecule has 0 bridgehead atoms. The molecule has 0 aliphatic heterocycles. The maximum absolute atomic E-state index is 3.03. The van der Waals surface area contributed by atoms with Crippen LogP contribution in [0.3, 0.4) is 0 Å². The van der Waals surface area contributed by atoms with Gasteiger partial charge in [0.05, 0.1) is 0 Å². The summed E-state index contributed by atoms with van der Waals surface area (Å²) in [6.45, 7) is 34.7. The average molecular weight is 517 g/mol. The summed E-state index contributed by atoms with van der Waals surface area (Å²) in [5, 5.41) is 0. The van der Waals surface area contributed by atoms with Crippen LogP contribution >= 0.6 is 0 Å². The molecule has 16 aliphatic carbocycles. The van der Waals surface area contributed by atoms with Crippen molar-refractivity contribution in [3.05, 3.63) is 0 Å². The summed E-state index contributed by atoms with van der Waals surface area (Å²) in [7, 11) is 0. The third-order valence-electron chi connectivity index (χ3n) is 28.8. The van der Waals surface area contributed by atoms with Crippen molar-refractivity contribution >= 4 is 0 Å². The Labute approximate surface area is 235 Å². The van der Waals surface area contributed by atoms with E-state index in [4.69, 9.17) is 0 Å². The first-order chi connectivity index (χ1) is 18.0. The first-order valence-corrected chi connectivity index (χ1v) is 18.0. The van der Waals surface area contributed by atoms with E-state index in [9.17, 15) is 0 Å². The second kappa shape index (κ2) is 3.23. The fourth-order valence-electron chi connectivity index (χ4n) is 31.2. The van der Waals surface area contributed by atoms with E-state index < -0.39 is 0 Å². The van der Waals surface area contributed by atoms with Gasteiger partial charge in [0, 0.05) is 0 Å². The van der Waals surface area contributed by atoms with Crippen LogP contribution in [-0.4, -0.2) is 0 Å². The molecule has 0 aromatic heterocycles. The molecule has 0 aromatic carbocycles. The van der Waals surface area contributed by atoms with Crippen molar-refractivity contribution in [3.8, 4) is 0 Å². The molecular weight excluding hydrogens is 468 g/mol. The largest absolute Gasteiger partial charge is 0.0617 e. The van der Waals surface area contributed by atoms with Gasteiger partial charge in [0.1, 0.15) is 0 Å². The SMILES string of the molecule is C[C@@H]1[C@@H]2C[C@@H]3[C@@H]4[C@@H]5[C@@H]6[C@@H]7[C@@H]8[C@@H]9[C@H](C)[C@]%10(C)C(C)(C)C%11(C)C%12(C)C%13(C)C%14(C)C%15(C)C%16(C)C1(C)[C@@]32[C@]4%16[C@]5%15[C@]6%14[C@]7%13[C@]8%12[C@]9%11%10. The summed E-state index contributed by atoms with van der Waals surface area (Å²) < 4.78 is 0. The maximum Gasteiger partial charge on any atom is -0.00566 e. The first kappa shape index (κ1) is 19.3. The van der Waals surface area contributed by atoms with Gasteiger partial charge in [0.15, 0.2) is 0 Å². The zero-order valence-electron chi connectivity index (χ0n) is 26.5. The number of hydrogen-bond acceptors (Lipinski definition) is 0. The molecule has 0 N–H and O–H groups in total. The van der Waals surface area contributed by atoms with E-state index in [0.717, 1.165) is 67.5 Å². The second-order valence-corrected chi connectivity index (χ2v) is 22.7. The molecule has 0 saturated heterocycles. The molecule has 0 heteroatoms. The van der Waals surface area contributed by atoms with Crippen LogP contribution in [0.4, 0.5) is 0 Å². The van der Waals surface area contributed by atoms with Crippen molar-refractivity contribution in [2.45, 2.75) is 89.5 Å². The molecule has 16 saturated carbocycles. The molecule has 0 nitrogen and oxygen atoms in total. The first-order valence-electron chi connectivity index (χ1n) is 18.0. The lowest BCUT2D eigenvalue weighted by molar-refractivity contribution is -0.970. The van der Waals surface area contributed by atoms with Crippen LogP contribution in [0.2, 0.25) is 0 Å². The zero-order chi connectivity index (χ0) is 26.5. The Kier molecular flexibility index (Phi) is 1.60. The van der Waals surface area contributed by atoms with Crippen LogP contribution in [0.25, 0.3) is 0 Å². The molecule has 16 rings (SSSR count). The highest BCUT2D eigenvalue weighted by Gasteiger charge is 3.42. The van der Waals surface area contributed by atoms with Crippen molar-refractivity contribution in [2.75, 3.05) is 0 Å². The summed E-state index contributed by atoms with van der Waals surface area (Å²) in [5.74, 6) is 11.4. The summed E-state index contributed by atoms with van der Waals surface area (Å²) in [5.41, 5.74) is 11.1. The van der Waals surface area contributed by atoms with Gasteiger partial charge in [0.2, 0.25) is 0 Å². The fourth-order valence-corrected chi connectivity index (χ4v) is 31.2. The summed E-state index contributed by atoms with van der Waals surface area (Å²) >= 11 is 0. The Morgan fingerprint density at radius 2 is 0.846 bits per heavy atom. The minimum Gasteiger partial charge on any atom is -0.0617 e. The smallest absolute Gasteiger partial charge is 0.00566 e. The average Bonchev–Trinajstić information content (AvgIpc) is 2.86. The molecule has 0 amide bonds. The molecule has 0 aromatic rings. The Morgan fingerprint density at radius 1 is 0.385 bits per heavy atom. The molecule has 204 valence electrons. The number of hydrogen-bond donors (Lipinski definition) is 0. The van der Waals surface area contributed by atoms with Crippen LogP contribution in [0, 0.1) is 146 Å². The van der Waals surface area contributed by atoms with Crippen molar-refractivity contribution in [3.63, 3.8) is 0 Å². The highest BCUT2D eigenvalue weighted by molar-refractivity contribution is 5.87.